The molecule has 0 bridgehead atoms. The molecule has 5 nitrogen and oxygen atoms in total. The highest BCUT2D eigenvalue weighted by Crippen LogP contribution is 2.17. The molecule has 2 rings (SSSR count). The molecule has 1 heterocycles. The second-order valence-electron chi connectivity index (χ2n) is 5.66. The molecule has 6 heteroatoms. The van der Waals surface area contributed by atoms with Crippen LogP contribution < -0.4 is 10.6 Å². The van der Waals surface area contributed by atoms with Gasteiger partial charge in [0.2, 0.25) is 0 Å². The molecule has 0 fully saturated rings. The Morgan fingerprint density at radius 2 is 1.67 bits per heavy atom. The van der Waals surface area contributed by atoms with Gasteiger partial charge in [0, 0.05) is 17.1 Å². The van der Waals surface area contributed by atoms with Crippen molar-refractivity contribution in [3.8, 4) is 0 Å². The summed E-state index contributed by atoms with van der Waals surface area (Å²) in [6.45, 7) is 5.73. The van der Waals surface area contributed by atoms with Crippen LogP contribution in [0, 0.1) is 13.8 Å². The minimum absolute atomic E-state index is 0.0307. The van der Waals surface area contributed by atoms with E-state index in [9.17, 15) is 14.4 Å². The van der Waals surface area contributed by atoms with E-state index in [-0.39, 0.29) is 5.78 Å². The van der Waals surface area contributed by atoms with E-state index in [4.69, 9.17) is 0 Å². The van der Waals surface area contributed by atoms with E-state index in [2.05, 4.69) is 10.6 Å². The summed E-state index contributed by atoms with van der Waals surface area (Å²) in [7, 11) is 0. The molecular formula is C18H20N2O3S. The highest BCUT2D eigenvalue weighted by molar-refractivity contribution is 7.14. The van der Waals surface area contributed by atoms with E-state index in [1.165, 1.54) is 18.3 Å². The van der Waals surface area contributed by atoms with E-state index >= 15 is 0 Å². The number of rotatable bonds is 5. The number of hydrogen-bond donors (Lipinski definition) is 2. The Kier molecular flexibility index (Phi) is 5.87. The first-order valence-corrected chi connectivity index (χ1v) is 8.44. The molecule has 0 aliphatic heterocycles. The molecule has 0 aliphatic carbocycles. The molecule has 2 aromatic rings. The lowest BCUT2D eigenvalue weighted by Gasteiger charge is -2.08. The molecular weight excluding hydrogens is 324 g/mol. The second kappa shape index (κ2) is 7.88. The molecule has 0 atom stereocenters. The van der Waals surface area contributed by atoms with Gasteiger partial charge >= 0.3 is 11.8 Å². The number of Topliss-reactive ketones (excluding diaryl/α,β-unsaturated/α-hetero) is 1. The lowest BCUT2D eigenvalue weighted by Crippen LogP contribution is -2.36. The van der Waals surface area contributed by atoms with E-state index in [1.54, 1.807) is 6.07 Å². The Labute approximate surface area is 145 Å². The lowest BCUT2D eigenvalue weighted by atomic mass is 10.1. The molecule has 0 spiro atoms. The number of aryl methyl sites for hydroxylation is 2. The Morgan fingerprint density at radius 3 is 2.25 bits per heavy atom. The molecule has 0 saturated carbocycles. The van der Waals surface area contributed by atoms with Crippen molar-refractivity contribution < 1.29 is 14.4 Å². The molecule has 1 aromatic carbocycles. The third kappa shape index (κ3) is 5.03. The molecule has 2 N–H and O–H groups in total. The van der Waals surface area contributed by atoms with Crippen LogP contribution in [0.25, 0.3) is 0 Å². The average molecular weight is 344 g/mol. The van der Waals surface area contributed by atoms with Gasteiger partial charge < -0.3 is 10.6 Å². The third-order valence-electron chi connectivity index (χ3n) is 3.35. The van der Waals surface area contributed by atoms with Crippen LogP contribution in [0.2, 0.25) is 0 Å². The largest absolute Gasteiger partial charge is 0.347 e. The number of anilines is 1. The van der Waals surface area contributed by atoms with Crippen molar-refractivity contribution in [3.63, 3.8) is 0 Å². The first-order valence-electron chi connectivity index (χ1n) is 7.62. The van der Waals surface area contributed by atoms with Gasteiger partial charge in [-0.1, -0.05) is 6.07 Å². The van der Waals surface area contributed by atoms with Gasteiger partial charge in [-0.05, 0) is 62.6 Å². The van der Waals surface area contributed by atoms with E-state index in [0.717, 1.165) is 16.0 Å². The zero-order chi connectivity index (χ0) is 17.7. The van der Waals surface area contributed by atoms with Crippen LogP contribution in [0.4, 0.5) is 5.69 Å². The predicted octanol–water partition coefficient (Wildman–Crippen LogP) is 2.86. The fourth-order valence-electron chi connectivity index (χ4n) is 2.32. The van der Waals surface area contributed by atoms with Gasteiger partial charge in [0.1, 0.15) is 0 Å². The highest BCUT2D eigenvalue weighted by atomic mass is 32.1. The average Bonchev–Trinajstić information content (AvgIpc) is 2.95. The maximum atomic E-state index is 11.9. The summed E-state index contributed by atoms with van der Waals surface area (Å²) in [5, 5.41) is 5.19. The molecule has 0 aliphatic rings. The topological polar surface area (TPSA) is 75.3 Å². The molecule has 24 heavy (non-hydrogen) atoms. The summed E-state index contributed by atoms with van der Waals surface area (Å²) in [5.74, 6) is -1.32. The molecule has 0 radical (unpaired) electrons. The quantitative estimate of drug-likeness (QED) is 0.647. The minimum Gasteiger partial charge on any atom is -0.347 e. The van der Waals surface area contributed by atoms with E-state index in [0.29, 0.717) is 23.5 Å². The second-order valence-corrected chi connectivity index (χ2v) is 6.83. The fraction of sp³-hybridized carbons (Fsp3) is 0.278. The van der Waals surface area contributed by atoms with Gasteiger partial charge in [-0.25, -0.2) is 0 Å². The van der Waals surface area contributed by atoms with Gasteiger partial charge in [-0.3, -0.25) is 14.4 Å². The highest BCUT2D eigenvalue weighted by Gasteiger charge is 2.13. The standard InChI is InChI=1S/C18H20N2O3S/c1-11-8-12(2)10-14(9-11)20-18(23)17(22)19-7-6-15-4-5-16(24-15)13(3)21/h4-5,8-10H,6-7H2,1-3H3,(H,19,22)(H,20,23). The summed E-state index contributed by atoms with van der Waals surface area (Å²) >= 11 is 1.41. The predicted molar refractivity (Wildman–Crippen MR) is 95.6 cm³/mol. The SMILES string of the molecule is CC(=O)c1ccc(CCNC(=O)C(=O)Nc2cc(C)cc(C)c2)s1. The van der Waals surface area contributed by atoms with Crippen molar-refractivity contribution >= 4 is 34.6 Å². The summed E-state index contributed by atoms with van der Waals surface area (Å²) < 4.78 is 0. The number of ketones is 1. The number of benzene rings is 1. The zero-order valence-corrected chi connectivity index (χ0v) is 14.8. The van der Waals surface area contributed by atoms with Crippen molar-refractivity contribution in [1.29, 1.82) is 0 Å². The Morgan fingerprint density at radius 1 is 1.00 bits per heavy atom. The summed E-state index contributed by atoms with van der Waals surface area (Å²) in [5.41, 5.74) is 2.64. The first-order chi connectivity index (χ1) is 11.3. The van der Waals surface area contributed by atoms with Crippen LogP contribution in [0.1, 0.15) is 32.6 Å². The Hall–Kier alpha value is -2.47. The number of nitrogens with one attached hydrogen (secondary N) is 2. The van der Waals surface area contributed by atoms with Crippen LogP contribution in [-0.2, 0) is 16.0 Å². The van der Waals surface area contributed by atoms with E-state index in [1.807, 2.05) is 38.1 Å². The number of carbonyl (C=O) groups excluding carboxylic acids is 3. The number of carbonyl (C=O) groups is 3. The Bertz CT molecular complexity index is 760. The van der Waals surface area contributed by atoms with Gasteiger partial charge in [-0.15, -0.1) is 11.3 Å². The first kappa shape index (κ1) is 17.9. The summed E-state index contributed by atoms with van der Waals surface area (Å²) in [4.78, 5) is 36.7. The maximum Gasteiger partial charge on any atom is 0.313 e. The molecule has 0 saturated heterocycles. The normalized spacial score (nSPS) is 10.3. The Balaban J connectivity index is 1.83. The van der Waals surface area contributed by atoms with Crippen LogP contribution >= 0.6 is 11.3 Å². The van der Waals surface area contributed by atoms with Crippen molar-refractivity contribution in [2.45, 2.75) is 27.2 Å². The number of amides is 2. The van der Waals surface area contributed by atoms with Crippen LogP contribution in [0.5, 0.6) is 0 Å². The smallest absolute Gasteiger partial charge is 0.313 e. The van der Waals surface area contributed by atoms with Crippen molar-refractivity contribution in [3.05, 3.63) is 51.2 Å². The molecule has 1 aromatic heterocycles. The molecule has 0 unspecified atom stereocenters. The third-order valence-corrected chi connectivity index (χ3v) is 4.60. The summed E-state index contributed by atoms with van der Waals surface area (Å²) in [6.07, 6.45) is 0.584. The van der Waals surface area contributed by atoms with Crippen LogP contribution in [0.15, 0.2) is 30.3 Å². The number of thiophene rings is 1. The fourth-order valence-corrected chi connectivity index (χ4v) is 3.22. The van der Waals surface area contributed by atoms with Crippen molar-refractivity contribution in [1.82, 2.24) is 5.32 Å². The van der Waals surface area contributed by atoms with Gasteiger partial charge in [0.15, 0.2) is 5.78 Å². The molecule has 126 valence electrons. The lowest BCUT2D eigenvalue weighted by molar-refractivity contribution is -0.136. The maximum absolute atomic E-state index is 11.9. The van der Waals surface area contributed by atoms with E-state index < -0.39 is 11.8 Å². The monoisotopic (exact) mass is 344 g/mol. The van der Waals surface area contributed by atoms with Crippen LogP contribution in [-0.4, -0.2) is 24.1 Å². The molecule has 2 amide bonds. The van der Waals surface area contributed by atoms with Gasteiger partial charge in [0.05, 0.1) is 4.88 Å². The summed E-state index contributed by atoms with van der Waals surface area (Å²) in [6, 6.07) is 9.26. The van der Waals surface area contributed by atoms with Gasteiger partial charge in [-0.2, -0.15) is 0 Å². The van der Waals surface area contributed by atoms with Gasteiger partial charge in [0.25, 0.3) is 0 Å². The van der Waals surface area contributed by atoms with Crippen molar-refractivity contribution in [2.24, 2.45) is 0 Å². The minimum atomic E-state index is -0.685. The number of hydrogen-bond acceptors (Lipinski definition) is 4. The van der Waals surface area contributed by atoms with Crippen molar-refractivity contribution in [2.75, 3.05) is 11.9 Å². The van der Waals surface area contributed by atoms with Crippen LogP contribution in [0.3, 0.4) is 0 Å². The zero-order valence-electron chi connectivity index (χ0n) is 13.9.